The topological polar surface area (TPSA) is 29.1 Å². The number of rotatable bonds is 3. The second-order valence-electron chi connectivity index (χ2n) is 3.31. The van der Waals surface area contributed by atoms with Gasteiger partial charge in [-0.3, -0.25) is 4.79 Å². The molecule has 0 aromatic carbocycles. The molecule has 0 amide bonds. The first-order valence-corrected chi connectivity index (χ1v) is 5.16. The fourth-order valence-electron chi connectivity index (χ4n) is 0.858. The Hall–Kier alpha value is -0.380. The number of hydrogen-bond donors (Lipinski definition) is 1. The van der Waals surface area contributed by atoms with Gasteiger partial charge in [0, 0.05) is 0 Å². The highest BCUT2D eigenvalue weighted by Crippen LogP contribution is 2.24. The summed E-state index contributed by atoms with van der Waals surface area (Å²) >= 11 is 7.06. The molecule has 0 aliphatic carbocycles. The Morgan fingerprint density at radius 2 is 2.15 bits per heavy atom. The lowest BCUT2D eigenvalue weighted by atomic mass is 9.98. The number of carbonyl (C=O) groups excluding carboxylic acids is 1. The van der Waals surface area contributed by atoms with Crippen molar-refractivity contribution in [1.29, 1.82) is 0 Å². The van der Waals surface area contributed by atoms with Crippen LogP contribution in [0.25, 0.3) is 0 Å². The highest BCUT2D eigenvalue weighted by Gasteiger charge is 2.27. The number of hydrogen-bond acceptors (Lipinski definition) is 3. The average Bonchev–Trinajstić information content (AvgIpc) is 2.50. The predicted molar refractivity (Wildman–Crippen MR) is 56.8 cm³/mol. The Balaban J connectivity index is 2.91. The van der Waals surface area contributed by atoms with Gasteiger partial charge < -0.3 is 5.32 Å². The van der Waals surface area contributed by atoms with Gasteiger partial charge in [0.2, 0.25) is 0 Å². The molecule has 0 aliphatic rings. The summed E-state index contributed by atoms with van der Waals surface area (Å²) in [6, 6.07) is 3.50. The molecule has 0 unspecified atom stereocenters. The summed E-state index contributed by atoms with van der Waals surface area (Å²) < 4.78 is 0.648. The normalized spacial score (nSPS) is 11.7. The Morgan fingerprint density at radius 3 is 2.54 bits per heavy atom. The second kappa shape index (κ2) is 3.78. The van der Waals surface area contributed by atoms with E-state index in [0.717, 1.165) is 0 Å². The second-order valence-corrected chi connectivity index (χ2v) is 5.02. The molecule has 0 bridgehead atoms. The fraction of sp³-hybridized carbons (Fsp3) is 0.444. The summed E-state index contributed by atoms with van der Waals surface area (Å²) in [4.78, 5) is 12.5. The first kappa shape index (κ1) is 10.7. The number of halogens is 1. The Kier molecular flexibility index (Phi) is 3.11. The predicted octanol–water partition coefficient (Wildman–Crippen LogP) is 2.58. The Morgan fingerprint density at radius 1 is 1.54 bits per heavy atom. The molecule has 1 heterocycles. The highest BCUT2D eigenvalue weighted by atomic mass is 35.5. The molecule has 1 aromatic heterocycles. The van der Waals surface area contributed by atoms with Crippen molar-refractivity contribution in [3.63, 3.8) is 0 Å². The van der Waals surface area contributed by atoms with Crippen LogP contribution in [0.5, 0.6) is 0 Å². The SMILES string of the molecule is CNC(C)(C)C(=O)c1ccc(Cl)s1. The van der Waals surface area contributed by atoms with Crippen LogP contribution in [0, 0.1) is 0 Å². The third-order valence-electron chi connectivity index (χ3n) is 1.99. The van der Waals surface area contributed by atoms with Gasteiger partial charge in [0.05, 0.1) is 14.8 Å². The number of ketones is 1. The summed E-state index contributed by atoms with van der Waals surface area (Å²) in [5, 5.41) is 2.96. The van der Waals surface area contributed by atoms with E-state index in [1.54, 1.807) is 19.2 Å². The van der Waals surface area contributed by atoms with E-state index in [2.05, 4.69) is 5.32 Å². The van der Waals surface area contributed by atoms with Gasteiger partial charge in [-0.25, -0.2) is 0 Å². The largest absolute Gasteiger partial charge is 0.308 e. The summed E-state index contributed by atoms with van der Waals surface area (Å²) in [5.74, 6) is 0.0758. The summed E-state index contributed by atoms with van der Waals surface area (Å²) in [6.07, 6.45) is 0. The Bertz CT molecular complexity index is 319. The molecule has 0 atom stereocenters. The van der Waals surface area contributed by atoms with Crippen molar-refractivity contribution < 1.29 is 4.79 Å². The van der Waals surface area contributed by atoms with Crippen LogP contribution in [0.2, 0.25) is 4.34 Å². The number of thiophene rings is 1. The number of Topliss-reactive ketones (excluding diaryl/α,β-unsaturated/α-hetero) is 1. The lowest BCUT2D eigenvalue weighted by Gasteiger charge is -2.20. The van der Waals surface area contributed by atoms with Crippen LogP contribution in [0.15, 0.2) is 12.1 Å². The summed E-state index contributed by atoms with van der Waals surface area (Å²) in [5.41, 5.74) is -0.520. The minimum Gasteiger partial charge on any atom is -0.308 e. The number of carbonyl (C=O) groups is 1. The van der Waals surface area contributed by atoms with Crippen LogP contribution in [-0.2, 0) is 0 Å². The van der Waals surface area contributed by atoms with Gasteiger partial charge in [-0.1, -0.05) is 11.6 Å². The maximum absolute atomic E-state index is 11.8. The molecular formula is C9H12ClNOS. The molecule has 0 saturated carbocycles. The van der Waals surface area contributed by atoms with E-state index < -0.39 is 5.54 Å². The van der Waals surface area contributed by atoms with Crippen molar-refractivity contribution in [2.75, 3.05) is 7.05 Å². The van der Waals surface area contributed by atoms with E-state index in [9.17, 15) is 4.79 Å². The van der Waals surface area contributed by atoms with Crippen LogP contribution in [0.1, 0.15) is 23.5 Å². The monoisotopic (exact) mass is 217 g/mol. The third kappa shape index (κ3) is 2.30. The minimum absolute atomic E-state index is 0.0758. The minimum atomic E-state index is -0.520. The van der Waals surface area contributed by atoms with Gasteiger partial charge in [-0.2, -0.15) is 0 Å². The van der Waals surface area contributed by atoms with Gasteiger partial charge in [-0.15, -0.1) is 11.3 Å². The highest BCUT2D eigenvalue weighted by molar-refractivity contribution is 7.18. The number of likely N-dealkylation sites (N-methyl/N-ethyl adjacent to an activating group) is 1. The first-order chi connectivity index (χ1) is 5.97. The van der Waals surface area contributed by atoms with Gasteiger partial charge in [0.1, 0.15) is 0 Å². The van der Waals surface area contributed by atoms with Crippen molar-refractivity contribution in [3.05, 3.63) is 21.3 Å². The Labute approximate surface area is 86.9 Å². The molecule has 1 N–H and O–H groups in total. The van der Waals surface area contributed by atoms with Gasteiger partial charge in [0.25, 0.3) is 0 Å². The van der Waals surface area contributed by atoms with Crippen LogP contribution < -0.4 is 5.32 Å². The van der Waals surface area contributed by atoms with E-state index in [0.29, 0.717) is 9.21 Å². The molecule has 2 nitrogen and oxygen atoms in total. The average molecular weight is 218 g/mol. The molecule has 13 heavy (non-hydrogen) atoms. The van der Waals surface area contributed by atoms with Crippen molar-refractivity contribution in [2.45, 2.75) is 19.4 Å². The third-order valence-corrected chi connectivity index (χ3v) is 3.22. The first-order valence-electron chi connectivity index (χ1n) is 3.96. The standard InChI is InChI=1S/C9H12ClNOS/c1-9(2,11-3)8(12)6-4-5-7(10)13-6/h4-5,11H,1-3H3. The maximum Gasteiger partial charge on any atom is 0.192 e. The van der Waals surface area contributed by atoms with E-state index in [1.807, 2.05) is 13.8 Å². The zero-order valence-electron chi connectivity index (χ0n) is 7.85. The fourth-order valence-corrected chi connectivity index (χ4v) is 2.00. The summed E-state index contributed by atoms with van der Waals surface area (Å²) in [7, 11) is 1.77. The van der Waals surface area contributed by atoms with Crippen LogP contribution in [0.4, 0.5) is 0 Å². The van der Waals surface area contributed by atoms with Crippen molar-refractivity contribution >= 4 is 28.7 Å². The molecule has 0 fully saturated rings. The van der Waals surface area contributed by atoms with E-state index in [4.69, 9.17) is 11.6 Å². The van der Waals surface area contributed by atoms with Crippen LogP contribution in [-0.4, -0.2) is 18.4 Å². The lowest BCUT2D eigenvalue weighted by molar-refractivity contribution is 0.0894. The van der Waals surface area contributed by atoms with E-state index in [-0.39, 0.29) is 5.78 Å². The van der Waals surface area contributed by atoms with Crippen LogP contribution in [0.3, 0.4) is 0 Å². The molecule has 0 aliphatic heterocycles. The molecule has 0 spiro atoms. The van der Waals surface area contributed by atoms with Gasteiger partial charge in [0.15, 0.2) is 5.78 Å². The van der Waals surface area contributed by atoms with E-state index >= 15 is 0 Å². The van der Waals surface area contributed by atoms with E-state index in [1.165, 1.54) is 11.3 Å². The van der Waals surface area contributed by atoms with Crippen molar-refractivity contribution in [1.82, 2.24) is 5.32 Å². The zero-order chi connectivity index (χ0) is 10.1. The van der Waals surface area contributed by atoms with Crippen LogP contribution >= 0.6 is 22.9 Å². The molecule has 0 radical (unpaired) electrons. The van der Waals surface area contributed by atoms with Gasteiger partial charge in [-0.05, 0) is 33.0 Å². The van der Waals surface area contributed by atoms with Gasteiger partial charge >= 0.3 is 0 Å². The van der Waals surface area contributed by atoms with Crippen molar-refractivity contribution in [3.8, 4) is 0 Å². The molecule has 4 heteroatoms. The zero-order valence-corrected chi connectivity index (χ0v) is 9.42. The summed E-state index contributed by atoms with van der Waals surface area (Å²) in [6.45, 7) is 3.70. The molecule has 0 saturated heterocycles. The smallest absolute Gasteiger partial charge is 0.192 e. The number of nitrogens with one attached hydrogen (secondary N) is 1. The molecular weight excluding hydrogens is 206 g/mol. The lowest BCUT2D eigenvalue weighted by Crippen LogP contribution is -2.44. The maximum atomic E-state index is 11.8. The van der Waals surface area contributed by atoms with Crippen molar-refractivity contribution in [2.24, 2.45) is 0 Å². The molecule has 72 valence electrons. The molecule has 1 rings (SSSR count). The molecule has 1 aromatic rings. The quantitative estimate of drug-likeness (QED) is 0.789.